The van der Waals surface area contributed by atoms with Crippen LogP contribution in [-0.4, -0.2) is 27.2 Å². The topological polar surface area (TPSA) is 66.0 Å². The zero-order valence-electron chi connectivity index (χ0n) is 9.97. The summed E-state index contributed by atoms with van der Waals surface area (Å²) in [5.74, 6) is 0. The minimum atomic E-state index is -0.105. The highest BCUT2D eigenvalue weighted by atomic mass is 16.5. The molecule has 0 radical (unpaired) electrons. The van der Waals surface area contributed by atoms with E-state index < -0.39 is 0 Å². The van der Waals surface area contributed by atoms with E-state index in [4.69, 9.17) is 10.5 Å². The quantitative estimate of drug-likeness (QED) is 0.836. The molecule has 0 aliphatic carbocycles. The highest BCUT2D eigenvalue weighted by Gasteiger charge is 2.30. The van der Waals surface area contributed by atoms with Gasteiger partial charge in [-0.15, -0.1) is 5.10 Å². The number of ether oxygens (including phenoxy) is 1. The third-order valence-corrected chi connectivity index (χ3v) is 3.09. The third kappa shape index (κ3) is 2.25. The molecular weight excluding hydrogens is 204 g/mol. The number of hydrogen-bond acceptors (Lipinski definition) is 4. The van der Waals surface area contributed by atoms with Gasteiger partial charge in [0.25, 0.3) is 0 Å². The summed E-state index contributed by atoms with van der Waals surface area (Å²) in [5.41, 5.74) is 7.20. The molecule has 0 bridgehead atoms. The van der Waals surface area contributed by atoms with E-state index in [2.05, 4.69) is 24.2 Å². The van der Waals surface area contributed by atoms with Crippen molar-refractivity contribution in [2.24, 2.45) is 5.73 Å². The Morgan fingerprint density at radius 2 is 2.44 bits per heavy atom. The van der Waals surface area contributed by atoms with Crippen molar-refractivity contribution >= 4 is 0 Å². The molecule has 1 aromatic rings. The van der Waals surface area contributed by atoms with Gasteiger partial charge < -0.3 is 10.5 Å². The maximum Gasteiger partial charge on any atom is 0.0788 e. The number of rotatable bonds is 4. The number of nitrogens with zero attached hydrogens (tertiary/aromatic N) is 3. The SMILES string of the molecule is CCCn1nncc1C(N)C1CCC(C)O1. The lowest BCUT2D eigenvalue weighted by molar-refractivity contribution is 0.0384. The van der Waals surface area contributed by atoms with Gasteiger partial charge in [0.2, 0.25) is 0 Å². The first kappa shape index (κ1) is 11.5. The molecule has 1 aliphatic heterocycles. The average molecular weight is 224 g/mol. The molecule has 5 heteroatoms. The van der Waals surface area contributed by atoms with E-state index in [1.165, 1.54) is 0 Å². The van der Waals surface area contributed by atoms with Gasteiger partial charge in [0, 0.05) is 6.54 Å². The fraction of sp³-hybridized carbons (Fsp3) is 0.818. The molecule has 16 heavy (non-hydrogen) atoms. The Morgan fingerprint density at radius 1 is 1.62 bits per heavy atom. The molecule has 1 fully saturated rings. The molecule has 2 rings (SSSR count). The van der Waals surface area contributed by atoms with Crippen molar-refractivity contribution in [3.8, 4) is 0 Å². The molecule has 0 amide bonds. The van der Waals surface area contributed by atoms with E-state index in [-0.39, 0.29) is 12.1 Å². The van der Waals surface area contributed by atoms with Crippen LogP contribution in [-0.2, 0) is 11.3 Å². The summed E-state index contributed by atoms with van der Waals surface area (Å²) in [5, 5.41) is 7.98. The number of nitrogens with two attached hydrogens (primary N) is 1. The van der Waals surface area contributed by atoms with Gasteiger partial charge in [0.05, 0.1) is 30.1 Å². The summed E-state index contributed by atoms with van der Waals surface area (Å²) < 4.78 is 7.67. The minimum absolute atomic E-state index is 0.105. The molecule has 0 aromatic carbocycles. The lowest BCUT2D eigenvalue weighted by atomic mass is 10.1. The molecule has 3 unspecified atom stereocenters. The van der Waals surface area contributed by atoms with Crippen LogP contribution in [0.1, 0.15) is 44.8 Å². The lowest BCUT2D eigenvalue weighted by Crippen LogP contribution is -2.28. The fourth-order valence-electron chi connectivity index (χ4n) is 2.20. The molecule has 1 saturated heterocycles. The van der Waals surface area contributed by atoms with Crippen LogP contribution in [0.5, 0.6) is 0 Å². The molecule has 1 aromatic heterocycles. The van der Waals surface area contributed by atoms with Crippen molar-refractivity contribution in [2.75, 3.05) is 0 Å². The van der Waals surface area contributed by atoms with Crippen molar-refractivity contribution in [3.63, 3.8) is 0 Å². The van der Waals surface area contributed by atoms with Crippen molar-refractivity contribution in [1.82, 2.24) is 15.0 Å². The Hall–Kier alpha value is -0.940. The van der Waals surface area contributed by atoms with Crippen LogP contribution < -0.4 is 5.73 Å². The Bertz CT molecular complexity index is 338. The molecule has 2 heterocycles. The zero-order chi connectivity index (χ0) is 11.5. The minimum Gasteiger partial charge on any atom is -0.373 e. The first-order chi connectivity index (χ1) is 7.72. The standard InChI is InChI=1S/C11H20N4O/c1-3-6-15-9(7-13-14-15)11(12)10-5-4-8(2)16-10/h7-8,10-11H,3-6,12H2,1-2H3. The predicted octanol–water partition coefficient (Wildman–Crippen LogP) is 1.26. The number of hydrogen-bond donors (Lipinski definition) is 1. The maximum atomic E-state index is 6.21. The fourth-order valence-corrected chi connectivity index (χ4v) is 2.20. The lowest BCUT2D eigenvalue weighted by Gasteiger charge is -2.19. The van der Waals surface area contributed by atoms with Crippen LogP contribution >= 0.6 is 0 Å². The summed E-state index contributed by atoms with van der Waals surface area (Å²) in [6.07, 6.45) is 5.35. The second-order valence-electron chi connectivity index (χ2n) is 4.47. The molecule has 1 aliphatic rings. The zero-order valence-corrected chi connectivity index (χ0v) is 9.97. The van der Waals surface area contributed by atoms with Gasteiger partial charge in [0.1, 0.15) is 0 Å². The Kier molecular flexibility index (Phi) is 3.56. The number of aromatic nitrogens is 3. The van der Waals surface area contributed by atoms with Crippen LogP contribution in [0.4, 0.5) is 0 Å². The molecule has 2 N–H and O–H groups in total. The summed E-state index contributed by atoms with van der Waals surface area (Å²) in [4.78, 5) is 0. The van der Waals surface area contributed by atoms with Gasteiger partial charge in [-0.2, -0.15) is 0 Å². The first-order valence-corrected chi connectivity index (χ1v) is 6.01. The van der Waals surface area contributed by atoms with Gasteiger partial charge in [-0.3, -0.25) is 0 Å². The second-order valence-corrected chi connectivity index (χ2v) is 4.47. The van der Waals surface area contributed by atoms with Gasteiger partial charge >= 0.3 is 0 Å². The van der Waals surface area contributed by atoms with Crippen LogP contribution in [0.3, 0.4) is 0 Å². The van der Waals surface area contributed by atoms with E-state index in [0.717, 1.165) is 31.5 Å². The van der Waals surface area contributed by atoms with Gasteiger partial charge in [0.15, 0.2) is 0 Å². The normalized spacial score (nSPS) is 27.2. The molecular formula is C11H20N4O. The van der Waals surface area contributed by atoms with Crippen molar-refractivity contribution in [1.29, 1.82) is 0 Å². The van der Waals surface area contributed by atoms with Crippen LogP contribution in [0.2, 0.25) is 0 Å². The second kappa shape index (κ2) is 4.93. The average Bonchev–Trinajstić information content (AvgIpc) is 2.87. The maximum absolute atomic E-state index is 6.21. The summed E-state index contributed by atoms with van der Waals surface area (Å²) in [6.45, 7) is 5.07. The Labute approximate surface area is 96.0 Å². The van der Waals surface area contributed by atoms with Crippen LogP contribution in [0.15, 0.2) is 6.20 Å². The van der Waals surface area contributed by atoms with Crippen LogP contribution in [0, 0.1) is 0 Å². The van der Waals surface area contributed by atoms with E-state index in [0.29, 0.717) is 6.10 Å². The predicted molar refractivity (Wildman–Crippen MR) is 60.8 cm³/mol. The van der Waals surface area contributed by atoms with Crippen molar-refractivity contribution < 1.29 is 4.74 Å². The van der Waals surface area contributed by atoms with E-state index in [1.54, 1.807) is 6.20 Å². The molecule has 0 spiro atoms. The first-order valence-electron chi connectivity index (χ1n) is 6.01. The molecule has 3 atom stereocenters. The third-order valence-electron chi connectivity index (χ3n) is 3.09. The molecule has 0 saturated carbocycles. The molecule has 5 nitrogen and oxygen atoms in total. The van der Waals surface area contributed by atoms with Gasteiger partial charge in [-0.05, 0) is 26.2 Å². The monoisotopic (exact) mass is 224 g/mol. The Morgan fingerprint density at radius 3 is 3.06 bits per heavy atom. The van der Waals surface area contributed by atoms with Crippen molar-refractivity contribution in [2.45, 2.75) is 57.9 Å². The smallest absolute Gasteiger partial charge is 0.0788 e. The van der Waals surface area contributed by atoms with Crippen LogP contribution in [0.25, 0.3) is 0 Å². The van der Waals surface area contributed by atoms with E-state index >= 15 is 0 Å². The highest BCUT2D eigenvalue weighted by Crippen LogP contribution is 2.28. The summed E-state index contributed by atoms with van der Waals surface area (Å²) >= 11 is 0. The highest BCUT2D eigenvalue weighted by molar-refractivity contribution is 5.05. The van der Waals surface area contributed by atoms with Crippen molar-refractivity contribution in [3.05, 3.63) is 11.9 Å². The van der Waals surface area contributed by atoms with E-state index in [9.17, 15) is 0 Å². The summed E-state index contributed by atoms with van der Waals surface area (Å²) in [7, 11) is 0. The van der Waals surface area contributed by atoms with E-state index in [1.807, 2.05) is 4.68 Å². The molecule has 90 valence electrons. The Balaban J connectivity index is 2.07. The summed E-state index contributed by atoms with van der Waals surface area (Å²) in [6, 6.07) is -0.105. The van der Waals surface area contributed by atoms with Gasteiger partial charge in [-0.25, -0.2) is 4.68 Å². The number of aryl methyl sites for hydroxylation is 1. The van der Waals surface area contributed by atoms with Gasteiger partial charge in [-0.1, -0.05) is 12.1 Å². The largest absolute Gasteiger partial charge is 0.373 e.